The van der Waals surface area contributed by atoms with E-state index in [1.54, 1.807) is 6.92 Å². The van der Waals surface area contributed by atoms with Gasteiger partial charge in [0.2, 0.25) is 10.0 Å². The Morgan fingerprint density at radius 3 is 2.57 bits per heavy atom. The number of carbonyl (C=O) groups is 1. The molecule has 0 spiro atoms. The SMILES string of the molecule is COC(=O)c1ccc(S(=O)(=O)N2CC[C@@H](N)C2)cc1C.Cl. The maximum absolute atomic E-state index is 12.4. The Labute approximate surface area is 130 Å². The second kappa shape index (κ2) is 6.74. The van der Waals surface area contributed by atoms with Gasteiger partial charge >= 0.3 is 5.97 Å². The van der Waals surface area contributed by atoms with Gasteiger partial charge in [-0.25, -0.2) is 13.2 Å². The van der Waals surface area contributed by atoms with E-state index in [2.05, 4.69) is 4.74 Å². The summed E-state index contributed by atoms with van der Waals surface area (Å²) in [6.45, 7) is 2.45. The van der Waals surface area contributed by atoms with E-state index in [9.17, 15) is 13.2 Å². The van der Waals surface area contributed by atoms with Crippen molar-refractivity contribution in [1.29, 1.82) is 0 Å². The van der Waals surface area contributed by atoms with Crippen molar-refractivity contribution >= 4 is 28.4 Å². The van der Waals surface area contributed by atoms with Gasteiger partial charge in [-0.3, -0.25) is 0 Å². The van der Waals surface area contributed by atoms with Gasteiger partial charge in [0.1, 0.15) is 0 Å². The maximum atomic E-state index is 12.4. The van der Waals surface area contributed by atoms with E-state index in [-0.39, 0.29) is 23.3 Å². The van der Waals surface area contributed by atoms with Crippen LogP contribution in [0, 0.1) is 6.92 Å². The smallest absolute Gasteiger partial charge is 0.338 e. The molecule has 0 unspecified atom stereocenters. The highest BCUT2D eigenvalue weighted by molar-refractivity contribution is 7.89. The van der Waals surface area contributed by atoms with Crippen molar-refractivity contribution in [3.8, 4) is 0 Å². The third-order valence-corrected chi connectivity index (χ3v) is 5.29. The average Bonchev–Trinajstić information content (AvgIpc) is 2.85. The van der Waals surface area contributed by atoms with Crippen LogP contribution < -0.4 is 5.73 Å². The Morgan fingerprint density at radius 1 is 1.43 bits per heavy atom. The van der Waals surface area contributed by atoms with E-state index < -0.39 is 16.0 Å². The number of ether oxygens (including phenoxy) is 1. The molecule has 1 aliphatic heterocycles. The van der Waals surface area contributed by atoms with Gasteiger partial charge in [0, 0.05) is 19.1 Å². The molecular weight excluding hydrogens is 316 g/mol. The second-order valence-corrected chi connectivity index (χ2v) is 6.82. The molecule has 0 aromatic heterocycles. The minimum Gasteiger partial charge on any atom is -0.465 e. The van der Waals surface area contributed by atoms with Gasteiger partial charge in [-0.1, -0.05) is 0 Å². The number of hydrogen-bond acceptors (Lipinski definition) is 5. The van der Waals surface area contributed by atoms with Crippen molar-refractivity contribution in [1.82, 2.24) is 4.31 Å². The lowest BCUT2D eigenvalue weighted by molar-refractivity contribution is 0.0600. The summed E-state index contributed by atoms with van der Waals surface area (Å²) < 4.78 is 30.9. The molecule has 1 aliphatic rings. The molecule has 8 heteroatoms. The summed E-state index contributed by atoms with van der Waals surface area (Å²) >= 11 is 0. The minimum atomic E-state index is -3.54. The van der Waals surface area contributed by atoms with Gasteiger partial charge in [0.25, 0.3) is 0 Å². The Kier molecular flexibility index (Phi) is 5.75. The number of nitrogens with two attached hydrogens (primary N) is 1. The predicted octanol–water partition coefficient (Wildman–Crippen LogP) is 0.925. The van der Waals surface area contributed by atoms with E-state index in [0.717, 1.165) is 0 Å². The van der Waals surface area contributed by atoms with Crippen LogP contribution in [0.3, 0.4) is 0 Å². The topological polar surface area (TPSA) is 89.7 Å². The lowest BCUT2D eigenvalue weighted by Crippen LogP contribution is -2.32. The van der Waals surface area contributed by atoms with Crippen LogP contribution in [0.15, 0.2) is 23.1 Å². The first-order valence-corrected chi connectivity index (χ1v) is 7.75. The predicted molar refractivity (Wildman–Crippen MR) is 81.1 cm³/mol. The van der Waals surface area contributed by atoms with Gasteiger partial charge in [-0.2, -0.15) is 4.31 Å². The van der Waals surface area contributed by atoms with Crippen LogP contribution in [0.4, 0.5) is 0 Å². The summed E-state index contributed by atoms with van der Waals surface area (Å²) in [5.41, 5.74) is 6.68. The Balaban J connectivity index is 0.00000220. The number of esters is 1. The lowest BCUT2D eigenvalue weighted by atomic mass is 10.1. The maximum Gasteiger partial charge on any atom is 0.338 e. The number of benzene rings is 1. The molecule has 1 fully saturated rings. The molecule has 21 heavy (non-hydrogen) atoms. The molecule has 0 amide bonds. The summed E-state index contributed by atoms with van der Waals surface area (Å²) in [4.78, 5) is 11.7. The van der Waals surface area contributed by atoms with Gasteiger partial charge in [0.15, 0.2) is 0 Å². The van der Waals surface area contributed by atoms with Crippen LogP contribution in [0.25, 0.3) is 0 Å². The molecule has 0 aliphatic carbocycles. The first kappa shape index (κ1) is 17.9. The number of sulfonamides is 1. The average molecular weight is 335 g/mol. The number of carbonyl (C=O) groups excluding carboxylic acids is 1. The molecule has 2 N–H and O–H groups in total. The molecule has 1 heterocycles. The standard InChI is InChI=1S/C13H18N2O4S.ClH/c1-9-7-11(3-4-12(9)13(16)19-2)20(17,18)15-6-5-10(14)8-15;/h3-4,7,10H,5-6,8,14H2,1-2H3;1H/t10-;/m1./s1. The third kappa shape index (κ3) is 3.55. The molecule has 1 atom stereocenters. The van der Waals surface area contributed by atoms with Crippen molar-refractivity contribution in [2.24, 2.45) is 5.73 Å². The Hall–Kier alpha value is -1.15. The van der Waals surface area contributed by atoms with Crippen LogP contribution in [0.1, 0.15) is 22.3 Å². The fourth-order valence-corrected chi connectivity index (χ4v) is 3.85. The highest BCUT2D eigenvalue weighted by Crippen LogP contribution is 2.23. The summed E-state index contributed by atoms with van der Waals surface area (Å²) in [6.07, 6.45) is 0.665. The number of halogens is 1. The number of hydrogen-bond donors (Lipinski definition) is 1. The van der Waals surface area contributed by atoms with E-state index in [1.165, 1.54) is 29.6 Å². The van der Waals surface area contributed by atoms with Crippen LogP contribution in [-0.4, -0.2) is 44.9 Å². The number of aryl methyl sites for hydroxylation is 1. The first-order valence-electron chi connectivity index (χ1n) is 6.31. The molecule has 1 saturated heterocycles. The Morgan fingerprint density at radius 2 is 2.10 bits per heavy atom. The number of rotatable bonds is 3. The second-order valence-electron chi connectivity index (χ2n) is 4.88. The quantitative estimate of drug-likeness (QED) is 0.830. The van der Waals surface area contributed by atoms with Crippen LogP contribution in [-0.2, 0) is 14.8 Å². The van der Waals surface area contributed by atoms with Crippen molar-refractivity contribution in [2.45, 2.75) is 24.3 Å². The van der Waals surface area contributed by atoms with Crippen LogP contribution >= 0.6 is 12.4 Å². The fraction of sp³-hybridized carbons (Fsp3) is 0.462. The highest BCUT2D eigenvalue weighted by Gasteiger charge is 2.31. The largest absolute Gasteiger partial charge is 0.465 e. The van der Waals surface area contributed by atoms with E-state index >= 15 is 0 Å². The van der Waals surface area contributed by atoms with Gasteiger partial charge in [0.05, 0.1) is 17.6 Å². The van der Waals surface area contributed by atoms with Gasteiger partial charge < -0.3 is 10.5 Å². The summed E-state index contributed by atoms with van der Waals surface area (Å²) in [5, 5.41) is 0. The molecule has 1 aromatic carbocycles. The zero-order valence-corrected chi connectivity index (χ0v) is 13.5. The van der Waals surface area contributed by atoms with E-state index in [4.69, 9.17) is 5.73 Å². The molecule has 1 aromatic rings. The van der Waals surface area contributed by atoms with Crippen molar-refractivity contribution in [2.75, 3.05) is 20.2 Å². The molecule has 0 saturated carbocycles. The molecule has 0 bridgehead atoms. The highest BCUT2D eigenvalue weighted by atomic mass is 35.5. The monoisotopic (exact) mass is 334 g/mol. The van der Waals surface area contributed by atoms with Crippen LogP contribution in [0.2, 0.25) is 0 Å². The lowest BCUT2D eigenvalue weighted by Gasteiger charge is -2.16. The van der Waals surface area contributed by atoms with Crippen LogP contribution in [0.5, 0.6) is 0 Å². The van der Waals surface area contributed by atoms with Gasteiger partial charge in [-0.15, -0.1) is 12.4 Å². The fourth-order valence-electron chi connectivity index (χ4n) is 2.26. The number of nitrogens with zero attached hydrogens (tertiary/aromatic N) is 1. The zero-order valence-electron chi connectivity index (χ0n) is 11.9. The van der Waals surface area contributed by atoms with E-state index in [0.29, 0.717) is 30.6 Å². The normalized spacial score (nSPS) is 19.1. The molecule has 118 valence electrons. The summed E-state index contributed by atoms with van der Waals surface area (Å²) in [6, 6.07) is 4.29. The Bertz CT molecular complexity index is 633. The minimum absolute atomic E-state index is 0. The van der Waals surface area contributed by atoms with Crippen molar-refractivity contribution < 1.29 is 17.9 Å². The number of methoxy groups -OCH3 is 1. The van der Waals surface area contributed by atoms with E-state index in [1.807, 2.05) is 0 Å². The third-order valence-electron chi connectivity index (χ3n) is 3.43. The molecule has 0 radical (unpaired) electrons. The van der Waals surface area contributed by atoms with Gasteiger partial charge in [-0.05, 0) is 37.1 Å². The van der Waals surface area contributed by atoms with Crippen molar-refractivity contribution in [3.05, 3.63) is 29.3 Å². The first-order chi connectivity index (χ1) is 9.36. The molecule has 2 rings (SSSR count). The molecular formula is C13H19ClN2O4S. The zero-order chi connectivity index (χ0) is 14.9. The van der Waals surface area contributed by atoms with Crippen molar-refractivity contribution in [3.63, 3.8) is 0 Å². The summed E-state index contributed by atoms with van der Waals surface area (Å²) in [5.74, 6) is -0.477. The molecule has 6 nitrogen and oxygen atoms in total. The summed E-state index contributed by atoms with van der Waals surface area (Å²) in [7, 11) is -2.25.